The molecule has 0 spiro atoms. The number of fused-ring (bicyclic) bond motifs is 1. The van der Waals surface area contributed by atoms with Gasteiger partial charge in [0.25, 0.3) is 0 Å². The van der Waals surface area contributed by atoms with Crippen LogP contribution in [0.15, 0.2) is 24.3 Å². The van der Waals surface area contributed by atoms with Crippen LogP contribution < -0.4 is 5.32 Å². The van der Waals surface area contributed by atoms with Gasteiger partial charge in [0, 0.05) is 28.2 Å². The number of rotatable bonds is 3. The molecule has 0 aliphatic carbocycles. The Kier molecular flexibility index (Phi) is 3.54. The lowest BCUT2D eigenvalue weighted by Gasteiger charge is -2.05. The number of aryl methyl sites for hydroxylation is 1. The number of hydrogen-bond acceptors (Lipinski definition) is 5. The van der Waals surface area contributed by atoms with E-state index in [1.165, 1.54) is 11.3 Å². The van der Waals surface area contributed by atoms with Crippen LogP contribution in [0.25, 0.3) is 21.5 Å². The Labute approximate surface area is 125 Å². The molecule has 102 valence electrons. The summed E-state index contributed by atoms with van der Waals surface area (Å²) in [5.74, 6) is 0. The molecule has 3 rings (SSSR count). The van der Waals surface area contributed by atoms with Crippen LogP contribution in [-0.4, -0.2) is 21.7 Å². The lowest BCUT2D eigenvalue weighted by atomic mass is 10.1. The standard InChI is InChI=1S/C14H13ClN4S/c1-3-16-14-19-18-13(20-14)11-6-8(2)17-12-5-4-9(15)7-10(11)12/h4-7H,3H2,1-2H3,(H,16,19). The van der Waals surface area contributed by atoms with E-state index in [4.69, 9.17) is 11.6 Å². The number of pyridine rings is 1. The van der Waals surface area contributed by atoms with Crippen molar-refractivity contribution in [2.45, 2.75) is 13.8 Å². The number of nitrogens with zero attached hydrogens (tertiary/aromatic N) is 3. The quantitative estimate of drug-likeness (QED) is 0.790. The number of aromatic nitrogens is 3. The summed E-state index contributed by atoms with van der Waals surface area (Å²) in [5.41, 5.74) is 2.90. The monoisotopic (exact) mass is 304 g/mol. The molecule has 3 aromatic rings. The molecule has 20 heavy (non-hydrogen) atoms. The van der Waals surface area contributed by atoms with E-state index >= 15 is 0 Å². The van der Waals surface area contributed by atoms with Crippen LogP contribution in [-0.2, 0) is 0 Å². The van der Waals surface area contributed by atoms with E-state index in [1.807, 2.05) is 38.1 Å². The van der Waals surface area contributed by atoms with Crippen molar-refractivity contribution < 1.29 is 0 Å². The van der Waals surface area contributed by atoms with Crippen molar-refractivity contribution >= 4 is 39.0 Å². The minimum Gasteiger partial charge on any atom is -0.360 e. The summed E-state index contributed by atoms with van der Waals surface area (Å²) in [6, 6.07) is 7.73. The molecule has 0 aliphatic rings. The molecule has 2 heterocycles. The first-order valence-electron chi connectivity index (χ1n) is 6.32. The van der Waals surface area contributed by atoms with E-state index in [1.54, 1.807) is 0 Å². The Hall–Kier alpha value is -1.72. The van der Waals surface area contributed by atoms with Gasteiger partial charge < -0.3 is 5.32 Å². The number of benzene rings is 1. The molecule has 0 amide bonds. The SMILES string of the molecule is CCNc1nnc(-c2cc(C)nc3ccc(Cl)cc23)s1. The molecule has 0 aliphatic heterocycles. The van der Waals surface area contributed by atoms with E-state index in [9.17, 15) is 0 Å². The predicted molar refractivity (Wildman–Crippen MR) is 84.6 cm³/mol. The first kappa shape index (κ1) is 13.3. The van der Waals surface area contributed by atoms with Gasteiger partial charge in [-0.1, -0.05) is 22.9 Å². The zero-order valence-electron chi connectivity index (χ0n) is 11.1. The zero-order chi connectivity index (χ0) is 14.1. The molecule has 0 bridgehead atoms. The van der Waals surface area contributed by atoms with Crippen molar-refractivity contribution in [2.75, 3.05) is 11.9 Å². The van der Waals surface area contributed by atoms with Crippen molar-refractivity contribution in [3.8, 4) is 10.6 Å². The number of hydrogen-bond donors (Lipinski definition) is 1. The van der Waals surface area contributed by atoms with Crippen LogP contribution in [0.4, 0.5) is 5.13 Å². The molecule has 1 N–H and O–H groups in total. The van der Waals surface area contributed by atoms with E-state index < -0.39 is 0 Å². The van der Waals surface area contributed by atoms with Crippen LogP contribution in [0.3, 0.4) is 0 Å². The van der Waals surface area contributed by atoms with Crippen LogP contribution in [0, 0.1) is 6.92 Å². The maximum absolute atomic E-state index is 6.10. The fourth-order valence-electron chi connectivity index (χ4n) is 2.06. The van der Waals surface area contributed by atoms with Crippen molar-refractivity contribution in [1.29, 1.82) is 0 Å². The number of halogens is 1. The molecule has 4 nitrogen and oxygen atoms in total. The molecule has 1 aromatic carbocycles. The maximum atomic E-state index is 6.10. The Morgan fingerprint density at radius 1 is 1.25 bits per heavy atom. The van der Waals surface area contributed by atoms with Gasteiger partial charge in [0.1, 0.15) is 5.01 Å². The minimum absolute atomic E-state index is 0.695. The smallest absolute Gasteiger partial charge is 0.205 e. The highest BCUT2D eigenvalue weighted by Crippen LogP contribution is 2.33. The third kappa shape index (κ3) is 2.46. The molecular weight excluding hydrogens is 292 g/mol. The van der Waals surface area contributed by atoms with Gasteiger partial charge in [-0.25, -0.2) is 0 Å². The fraction of sp³-hybridized carbons (Fsp3) is 0.214. The van der Waals surface area contributed by atoms with Gasteiger partial charge in [-0.2, -0.15) is 0 Å². The van der Waals surface area contributed by atoms with E-state index in [2.05, 4.69) is 20.5 Å². The molecule has 0 saturated heterocycles. The average Bonchev–Trinajstić information content (AvgIpc) is 2.87. The zero-order valence-corrected chi connectivity index (χ0v) is 12.7. The normalized spacial score (nSPS) is 10.9. The first-order valence-corrected chi connectivity index (χ1v) is 7.51. The molecule has 0 unspecified atom stereocenters. The Bertz CT molecular complexity index is 769. The van der Waals surface area contributed by atoms with Gasteiger partial charge in [0.05, 0.1) is 5.52 Å². The molecule has 6 heteroatoms. The summed E-state index contributed by atoms with van der Waals surface area (Å²) in [6.45, 7) is 4.84. The van der Waals surface area contributed by atoms with Crippen molar-refractivity contribution in [3.05, 3.63) is 35.0 Å². The highest BCUT2D eigenvalue weighted by Gasteiger charge is 2.12. The number of anilines is 1. The minimum atomic E-state index is 0.695. The summed E-state index contributed by atoms with van der Waals surface area (Å²) < 4.78 is 0. The van der Waals surface area contributed by atoms with Crippen LogP contribution >= 0.6 is 22.9 Å². The number of nitrogens with one attached hydrogen (secondary N) is 1. The Morgan fingerprint density at radius 2 is 2.10 bits per heavy atom. The summed E-state index contributed by atoms with van der Waals surface area (Å²) in [5, 5.41) is 15.0. The highest BCUT2D eigenvalue weighted by molar-refractivity contribution is 7.18. The molecule has 2 aromatic heterocycles. The Morgan fingerprint density at radius 3 is 2.90 bits per heavy atom. The van der Waals surface area contributed by atoms with Crippen molar-refractivity contribution in [2.24, 2.45) is 0 Å². The average molecular weight is 305 g/mol. The van der Waals surface area contributed by atoms with E-state index in [0.717, 1.165) is 38.8 Å². The largest absolute Gasteiger partial charge is 0.360 e. The summed E-state index contributed by atoms with van der Waals surface area (Å²) in [4.78, 5) is 4.53. The second kappa shape index (κ2) is 5.34. The summed E-state index contributed by atoms with van der Waals surface area (Å²) in [7, 11) is 0. The molecule has 0 fully saturated rings. The van der Waals surface area contributed by atoms with Gasteiger partial charge in [0.2, 0.25) is 5.13 Å². The van der Waals surface area contributed by atoms with Crippen molar-refractivity contribution in [3.63, 3.8) is 0 Å². The Balaban J connectivity index is 2.20. The second-order valence-corrected chi connectivity index (χ2v) is 5.83. The lowest BCUT2D eigenvalue weighted by molar-refractivity contribution is 1.07. The van der Waals surface area contributed by atoms with E-state index in [-0.39, 0.29) is 0 Å². The van der Waals surface area contributed by atoms with Gasteiger partial charge in [0.15, 0.2) is 0 Å². The molecule has 0 radical (unpaired) electrons. The third-order valence-corrected chi connectivity index (χ3v) is 4.03. The topological polar surface area (TPSA) is 50.7 Å². The molecule has 0 saturated carbocycles. The van der Waals surface area contributed by atoms with Crippen LogP contribution in [0.2, 0.25) is 5.02 Å². The van der Waals surface area contributed by atoms with Gasteiger partial charge >= 0.3 is 0 Å². The summed E-state index contributed by atoms with van der Waals surface area (Å²) >= 11 is 7.64. The second-order valence-electron chi connectivity index (χ2n) is 4.42. The third-order valence-electron chi connectivity index (χ3n) is 2.88. The van der Waals surface area contributed by atoms with Gasteiger partial charge in [-0.3, -0.25) is 4.98 Å². The van der Waals surface area contributed by atoms with Crippen molar-refractivity contribution in [1.82, 2.24) is 15.2 Å². The van der Waals surface area contributed by atoms with Gasteiger partial charge in [-0.05, 0) is 38.1 Å². The van der Waals surface area contributed by atoms with Crippen LogP contribution in [0.5, 0.6) is 0 Å². The van der Waals surface area contributed by atoms with Crippen LogP contribution in [0.1, 0.15) is 12.6 Å². The molecule has 0 atom stereocenters. The maximum Gasteiger partial charge on any atom is 0.205 e. The highest BCUT2D eigenvalue weighted by atomic mass is 35.5. The molecular formula is C14H13ClN4S. The van der Waals surface area contributed by atoms with Gasteiger partial charge in [-0.15, -0.1) is 10.2 Å². The fourth-order valence-corrected chi connectivity index (χ4v) is 3.08. The lowest BCUT2D eigenvalue weighted by Crippen LogP contribution is -1.94. The first-order chi connectivity index (χ1) is 9.67. The summed E-state index contributed by atoms with van der Waals surface area (Å²) in [6.07, 6.45) is 0. The van der Waals surface area contributed by atoms with E-state index in [0.29, 0.717) is 5.02 Å². The predicted octanol–water partition coefficient (Wildman–Crippen LogP) is 4.15.